The molecule has 0 fully saturated rings. The highest BCUT2D eigenvalue weighted by Crippen LogP contribution is 2.26. The molecule has 0 aliphatic heterocycles. The van der Waals surface area contributed by atoms with Crippen molar-refractivity contribution in [2.24, 2.45) is 0 Å². The zero-order chi connectivity index (χ0) is 20.9. The van der Waals surface area contributed by atoms with Crippen LogP contribution in [0.5, 0.6) is 0 Å². The third-order valence-electron chi connectivity index (χ3n) is 4.06. The quantitative estimate of drug-likeness (QED) is 0.346. The number of pyridine rings is 1. The number of hydrogen-bond acceptors (Lipinski definition) is 8. The average molecular weight is 440 g/mol. The molecule has 1 amide bonds. The summed E-state index contributed by atoms with van der Waals surface area (Å²) < 4.78 is 6.82. The molecule has 3 aromatic heterocycles. The first kappa shape index (κ1) is 20.0. The van der Waals surface area contributed by atoms with Crippen LogP contribution in [0.3, 0.4) is 0 Å². The summed E-state index contributed by atoms with van der Waals surface area (Å²) in [5.41, 5.74) is 2.80. The van der Waals surface area contributed by atoms with E-state index >= 15 is 0 Å². The molecule has 0 saturated heterocycles. The van der Waals surface area contributed by atoms with E-state index in [1.807, 2.05) is 34.2 Å². The molecule has 1 N–H and O–H groups in total. The van der Waals surface area contributed by atoms with Crippen molar-refractivity contribution in [1.82, 2.24) is 19.6 Å². The normalized spacial score (nSPS) is 10.8. The summed E-state index contributed by atoms with van der Waals surface area (Å²) >= 11 is 2.65. The van der Waals surface area contributed by atoms with E-state index in [4.69, 9.17) is 4.74 Å². The second-order valence-electron chi connectivity index (χ2n) is 6.08. The number of thiazole rings is 1. The Morgan fingerprint density at radius 3 is 2.80 bits per heavy atom. The van der Waals surface area contributed by atoms with Crippen LogP contribution in [0.2, 0.25) is 0 Å². The molecule has 0 aliphatic carbocycles. The highest BCUT2D eigenvalue weighted by molar-refractivity contribution is 7.99. The van der Waals surface area contributed by atoms with Crippen molar-refractivity contribution in [2.45, 2.75) is 12.1 Å². The maximum atomic E-state index is 12.3. The Kier molecular flexibility index (Phi) is 6.05. The first-order chi connectivity index (χ1) is 14.6. The van der Waals surface area contributed by atoms with Gasteiger partial charge in [-0.1, -0.05) is 30.0 Å². The molecule has 0 spiro atoms. The minimum Gasteiger partial charge on any atom is -0.462 e. The van der Waals surface area contributed by atoms with Gasteiger partial charge in [0.25, 0.3) is 0 Å². The molecule has 4 rings (SSSR count). The van der Waals surface area contributed by atoms with Gasteiger partial charge in [0.05, 0.1) is 23.6 Å². The zero-order valence-electron chi connectivity index (χ0n) is 15.9. The minimum absolute atomic E-state index is 0.175. The number of rotatable bonds is 7. The van der Waals surface area contributed by atoms with E-state index in [9.17, 15) is 9.59 Å². The Morgan fingerprint density at radius 2 is 2.00 bits per heavy atom. The number of aromatic nitrogens is 4. The van der Waals surface area contributed by atoms with Crippen LogP contribution in [0.4, 0.5) is 5.13 Å². The molecular formula is C20H17N5O3S2. The van der Waals surface area contributed by atoms with Crippen molar-refractivity contribution in [3.8, 4) is 11.3 Å². The summed E-state index contributed by atoms with van der Waals surface area (Å²) in [7, 11) is 0. The first-order valence-electron chi connectivity index (χ1n) is 9.09. The molecule has 0 radical (unpaired) electrons. The SMILES string of the molecule is CCOC(=O)c1ccc(-c2csc(NC(=O)CSc3nnc4ccccn34)n2)cc1. The fourth-order valence-corrected chi connectivity index (χ4v) is 4.12. The standard InChI is InChI=1S/C20H17N5O3S2/c1-2-28-18(27)14-8-6-13(7-9-14)15-11-29-19(21-15)22-17(26)12-30-20-24-23-16-5-3-4-10-25(16)20/h3-11H,2,12H2,1H3,(H,21,22,26). The lowest BCUT2D eigenvalue weighted by Gasteiger charge is -2.03. The van der Waals surface area contributed by atoms with Gasteiger partial charge in [-0.15, -0.1) is 21.5 Å². The summed E-state index contributed by atoms with van der Waals surface area (Å²) in [6.45, 7) is 2.10. The van der Waals surface area contributed by atoms with Crippen LogP contribution in [-0.2, 0) is 9.53 Å². The number of thioether (sulfide) groups is 1. The Labute approximate surface area is 180 Å². The molecule has 0 unspecified atom stereocenters. The lowest BCUT2D eigenvalue weighted by atomic mass is 10.1. The highest BCUT2D eigenvalue weighted by atomic mass is 32.2. The number of nitrogens with one attached hydrogen (secondary N) is 1. The molecule has 1 aromatic carbocycles. The molecule has 30 heavy (non-hydrogen) atoms. The van der Waals surface area contributed by atoms with Crippen molar-refractivity contribution < 1.29 is 14.3 Å². The van der Waals surface area contributed by atoms with Crippen LogP contribution in [0.1, 0.15) is 17.3 Å². The number of amides is 1. The van der Waals surface area contributed by atoms with Gasteiger partial charge >= 0.3 is 5.97 Å². The molecule has 8 nitrogen and oxygen atoms in total. The molecule has 10 heteroatoms. The van der Waals surface area contributed by atoms with Gasteiger partial charge in [0.2, 0.25) is 5.91 Å². The number of benzene rings is 1. The van der Waals surface area contributed by atoms with E-state index in [0.717, 1.165) is 16.9 Å². The highest BCUT2D eigenvalue weighted by Gasteiger charge is 2.12. The van der Waals surface area contributed by atoms with E-state index in [2.05, 4.69) is 20.5 Å². The van der Waals surface area contributed by atoms with Gasteiger partial charge in [0.1, 0.15) is 0 Å². The van der Waals surface area contributed by atoms with Gasteiger partial charge in [-0.3, -0.25) is 9.20 Å². The van der Waals surface area contributed by atoms with E-state index in [1.165, 1.54) is 23.1 Å². The number of carbonyl (C=O) groups excluding carboxylic acids is 2. The third kappa shape index (κ3) is 4.50. The molecule has 4 aromatic rings. The number of nitrogens with zero attached hydrogens (tertiary/aromatic N) is 4. The molecule has 0 bridgehead atoms. The molecule has 152 valence electrons. The second-order valence-corrected chi connectivity index (χ2v) is 7.88. The topological polar surface area (TPSA) is 98.5 Å². The van der Waals surface area contributed by atoms with Crippen LogP contribution in [0.15, 0.2) is 59.2 Å². The molecule has 0 atom stereocenters. The van der Waals surface area contributed by atoms with Crippen molar-refractivity contribution in [2.75, 3.05) is 17.7 Å². The number of anilines is 1. The Hall–Kier alpha value is -3.24. The van der Waals surface area contributed by atoms with Gasteiger partial charge < -0.3 is 10.1 Å². The molecule has 3 heterocycles. The summed E-state index contributed by atoms with van der Waals surface area (Å²) in [4.78, 5) is 28.5. The predicted octanol–water partition coefficient (Wildman–Crippen LogP) is 3.76. The number of ether oxygens (including phenoxy) is 1. The number of esters is 1. The van der Waals surface area contributed by atoms with Gasteiger partial charge in [0.15, 0.2) is 15.9 Å². The van der Waals surface area contributed by atoms with Crippen LogP contribution < -0.4 is 5.32 Å². The monoisotopic (exact) mass is 439 g/mol. The largest absolute Gasteiger partial charge is 0.462 e. The fraction of sp³-hybridized carbons (Fsp3) is 0.150. The lowest BCUT2D eigenvalue weighted by Crippen LogP contribution is -2.14. The Bertz CT molecular complexity index is 1190. The van der Waals surface area contributed by atoms with E-state index < -0.39 is 0 Å². The van der Waals surface area contributed by atoms with Gasteiger partial charge in [-0.2, -0.15) is 0 Å². The van der Waals surface area contributed by atoms with E-state index in [-0.39, 0.29) is 17.6 Å². The lowest BCUT2D eigenvalue weighted by molar-refractivity contribution is -0.113. The second kappa shape index (κ2) is 9.06. The van der Waals surface area contributed by atoms with Crippen molar-refractivity contribution >= 4 is 45.8 Å². The smallest absolute Gasteiger partial charge is 0.338 e. The number of carbonyl (C=O) groups is 2. The van der Waals surface area contributed by atoms with Crippen molar-refractivity contribution in [1.29, 1.82) is 0 Å². The van der Waals surface area contributed by atoms with Crippen LogP contribution >= 0.6 is 23.1 Å². The van der Waals surface area contributed by atoms with Crippen LogP contribution in [0.25, 0.3) is 16.9 Å². The Balaban J connectivity index is 1.36. The summed E-state index contributed by atoms with van der Waals surface area (Å²) in [5, 5.41) is 14.0. The first-order valence-corrected chi connectivity index (χ1v) is 11.0. The fourth-order valence-electron chi connectivity index (χ4n) is 2.66. The van der Waals surface area contributed by atoms with Gasteiger partial charge in [-0.25, -0.2) is 9.78 Å². The predicted molar refractivity (Wildman–Crippen MR) is 116 cm³/mol. The molecular weight excluding hydrogens is 422 g/mol. The summed E-state index contributed by atoms with van der Waals surface area (Å²) in [6.07, 6.45) is 1.86. The average Bonchev–Trinajstić information content (AvgIpc) is 3.40. The van der Waals surface area contributed by atoms with E-state index in [1.54, 1.807) is 31.2 Å². The zero-order valence-corrected chi connectivity index (χ0v) is 17.6. The van der Waals surface area contributed by atoms with Crippen molar-refractivity contribution in [3.63, 3.8) is 0 Å². The number of fused-ring (bicyclic) bond motifs is 1. The van der Waals surface area contributed by atoms with Crippen LogP contribution in [0, 0.1) is 0 Å². The Morgan fingerprint density at radius 1 is 1.17 bits per heavy atom. The molecule has 0 saturated carbocycles. The minimum atomic E-state index is -0.353. The third-order valence-corrected chi connectivity index (χ3v) is 5.76. The number of hydrogen-bond donors (Lipinski definition) is 1. The van der Waals surface area contributed by atoms with Crippen molar-refractivity contribution in [3.05, 3.63) is 59.6 Å². The molecule has 0 aliphatic rings. The van der Waals surface area contributed by atoms with E-state index in [0.29, 0.717) is 22.5 Å². The summed E-state index contributed by atoms with van der Waals surface area (Å²) in [6, 6.07) is 12.6. The summed E-state index contributed by atoms with van der Waals surface area (Å²) in [5.74, 6) is -0.335. The van der Waals surface area contributed by atoms with Gasteiger partial charge in [-0.05, 0) is 31.2 Å². The maximum Gasteiger partial charge on any atom is 0.338 e. The van der Waals surface area contributed by atoms with Gasteiger partial charge in [0, 0.05) is 17.1 Å². The maximum absolute atomic E-state index is 12.3. The van der Waals surface area contributed by atoms with Crippen LogP contribution in [-0.4, -0.2) is 43.8 Å².